The van der Waals surface area contributed by atoms with Gasteiger partial charge in [-0.15, -0.1) is 0 Å². The fourth-order valence-electron chi connectivity index (χ4n) is 4.08. The van der Waals surface area contributed by atoms with Gasteiger partial charge in [-0.3, -0.25) is 4.79 Å². The van der Waals surface area contributed by atoms with Gasteiger partial charge in [-0.2, -0.15) is 10.4 Å². The first-order chi connectivity index (χ1) is 16.0. The molecule has 0 spiro atoms. The quantitative estimate of drug-likeness (QED) is 0.596. The Morgan fingerprint density at radius 3 is 2.82 bits per heavy atom. The number of benzene rings is 1. The predicted octanol–water partition coefficient (Wildman–Crippen LogP) is 4.25. The number of amides is 1. The summed E-state index contributed by atoms with van der Waals surface area (Å²) in [6.45, 7) is 1.48. The average Bonchev–Trinajstić information content (AvgIpc) is 3.53. The monoisotopic (exact) mass is 458 g/mol. The van der Waals surface area contributed by atoms with Crippen molar-refractivity contribution in [2.24, 2.45) is 5.92 Å². The van der Waals surface area contributed by atoms with Gasteiger partial charge >= 0.3 is 0 Å². The lowest BCUT2D eigenvalue weighted by molar-refractivity contribution is -0.125. The molecule has 3 heterocycles. The molecule has 1 unspecified atom stereocenters. The second kappa shape index (κ2) is 8.72. The number of halogens is 1. The minimum absolute atomic E-state index is 0.0359. The third kappa shape index (κ3) is 4.35. The Kier molecular flexibility index (Phi) is 5.61. The second-order valence-corrected chi connectivity index (χ2v) is 9.00. The van der Waals surface area contributed by atoms with Crippen molar-refractivity contribution in [1.29, 1.82) is 5.26 Å². The van der Waals surface area contributed by atoms with Gasteiger partial charge in [-0.1, -0.05) is 17.7 Å². The molecule has 2 aliphatic rings. The van der Waals surface area contributed by atoms with Crippen LogP contribution in [0.25, 0.3) is 11.3 Å². The van der Waals surface area contributed by atoms with Crippen molar-refractivity contribution in [3.8, 4) is 11.8 Å². The third-order valence-electron chi connectivity index (χ3n) is 6.21. The molecule has 1 aromatic carbocycles. The van der Waals surface area contributed by atoms with Crippen LogP contribution in [0.4, 0.5) is 5.82 Å². The van der Waals surface area contributed by atoms with E-state index in [1.165, 1.54) is 12.8 Å². The maximum absolute atomic E-state index is 12.5. The molecule has 1 amide bonds. The first-order valence-corrected chi connectivity index (χ1v) is 11.3. The van der Waals surface area contributed by atoms with Crippen molar-refractivity contribution < 1.29 is 4.79 Å². The van der Waals surface area contributed by atoms with Crippen molar-refractivity contribution >= 4 is 28.9 Å². The topological polar surface area (TPSA) is 86.8 Å². The molecule has 1 saturated carbocycles. The van der Waals surface area contributed by atoms with E-state index >= 15 is 0 Å². The molecule has 7 nitrogen and oxygen atoms in total. The average molecular weight is 459 g/mol. The SMILES string of the molecule is CN1CC(c2cnn(-c3cccc(Cl)c3C#N)c2)C(c2ccc(NCC3CC3)nc2)=CC1=O. The van der Waals surface area contributed by atoms with Crippen LogP contribution in [0, 0.1) is 17.2 Å². The zero-order valence-corrected chi connectivity index (χ0v) is 19.0. The number of aromatic nitrogens is 3. The third-order valence-corrected chi connectivity index (χ3v) is 6.52. The zero-order chi connectivity index (χ0) is 22.9. The van der Waals surface area contributed by atoms with Crippen molar-refractivity contribution in [2.45, 2.75) is 18.8 Å². The predicted molar refractivity (Wildman–Crippen MR) is 127 cm³/mol. The second-order valence-electron chi connectivity index (χ2n) is 8.59. The molecule has 8 heteroatoms. The Morgan fingerprint density at radius 2 is 2.09 bits per heavy atom. The van der Waals surface area contributed by atoms with E-state index in [9.17, 15) is 10.1 Å². The van der Waals surface area contributed by atoms with Crippen LogP contribution in [0.3, 0.4) is 0 Å². The summed E-state index contributed by atoms with van der Waals surface area (Å²) in [5, 5.41) is 17.8. The number of likely N-dealkylation sites (N-methyl/N-ethyl adjacent to an activating group) is 1. The van der Waals surface area contributed by atoms with Gasteiger partial charge in [0.25, 0.3) is 0 Å². The Labute approximate surface area is 197 Å². The van der Waals surface area contributed by atoms with Crippen LogP contribution >= 0.6 is 11.6 Å². The smallest absolute Gasteiger partial charge is 0.246 e. The molecule has 2 aromatic heterocycles. The van der Waals surface area contributed by atoms with Gasteiger partial charge in [-0.05, 0) is 59.7 Å². The Hall–Kier alpha value is -3.63. The molecule has 1 fully saturated rings. The van der Waals surface area contributed by atoms with Crippen molar-refractivity contribution in [2.75, 3.05) is 25.5 Å². The van der Waals surface area contributed by atoms with E-state index in [1.807, 2.05) is 30.6 Å². The Morgan fingerprint density at radius 1 is 1.24 bits per heavy atom. The first-order valence-electron chi connectivity index (χ1n) is 10.9. The van der Waals surface area contributed by atoms with Crippen LogP contribution in [0.15, 0.2) is 55.0 Å². The highest BCUT2D eigenvalue weighted by Crippen LogP contribution is 2.36. The molecule has 1 aliphatic carbocycles. The summed E-state index contributed by atoms with van der Waals surface area (Å²) in [4.78, 5) is 18.8. The lowest BCUT2D eigenvalue weighted by atomic mass is 9.86. The summed E-state index contributed by atoms with van der Waals surface area (Å²) in [5.74, 6) is 1.51. The summed E-state index contributed by atoms with van der Waals surface area (Å²) < 4.78 is 1.66. The number of anilines is 1. The molecule has 1 atom stereocenters. The number of pyridine rings is 1. The summed E-state index contributed by atoms with van der Waals surface area (Å²) in [6, 6.07) is 11.4. The fourth-order valence-corrected chi connectivity index (χ4v) is 4.29. The number of hydrogen-bond donors (Lipinski definition) is 1. The molecular weight excluding hydrogens is 436 g/mol. The van der Waals surface area contributed by atoms with Crippen LogP contribution in [0.5, 0.6) is 0 Å². The van der Waals surface area contributed by atoms with Crippen molar-refractivity contribution in [3.05, 3.63) is 76.7 Å². The van der Waals surface area contributed by atoms with E-state index in [1.54, 1.807) is 41.0 Å². The summed E-state index contributed by atoms with van der Waals surface area (Å²) in [6.07, 6.45) is 9.75. The van der Waals surface area contributed by atoms with E-state index in [0.717, 1.165) is 35.0 Å². The molecule has 33 heavy (non-hydrogen) atoms. The van der Waals surface area contributed by atoms with Crippen LogP contribution in [0.2, 0.25) is 5.02 Å². The number of nitrogens with one attached hydrogen (secondary N) is 1. The van der Waals surface area contributed by atoms with E-state index in [2.05, 4.69) is 21.5 Å². The van der Waals surface area contributed by atoms with E-state index in [-0.39, 0.29) is 11.8 Å². The van der Waals surface area contributed by atoms with Crippen LogP contribution in [0.1, 0.15) is 35.4 Å². The van der Waals surface area contributed by atoms with Crippen molar-refractivity contribution in [1.82, 2.24) is 19.7 Å². The molecule has 3 aromatic rings. The number of rotatable bonds is 6. The van der Waals surface area contributed by atoms with Crippen LogP contribution < -0.4 is 5.32 Å². The van der Waals surface area contributed by atoms with Gasteiger partial charge in [0.05, 0.1) is 22.5 Å². The molecule has 0 radical (unpaired) electrons. The number of nitriles is 1. The summed E-state index contributed by atoms with van der Waals surface area (Å²) in [5.41, 5.74) is 3.76. The molecule has 5 rings (SSSR count). The van der Waals surface area contributed by atoms with Gasteiger partial charge < -0.3 is 10.2 Å². The highest BCUT2D eigenvalue weighted by atomic mass is 35.5. The normalized spacial score (nSPS) is 18.1. The molecular formula is C25H23ClN6O. The molecule has 166 valence electrons. The summed E-state index contributed by atoms with van der Waals surface area (Å²) in [7, 11) is 1.79. The van der Waals surface area contributed by atoms with Gasteiger partial charge in [0, 0.05) is 44.5 Å². The van der Waals surface area contributed by atoms with E-state index in [0.29, 0.717) is 22.8 Å². The minimum Gasteiger partial charge on any atom is -0.370 e. The highest BCUT2D eigenvalue weighted by molar-refractivity contribution is 6.32. The molecule has 0 saturated heterocycles. The van der Waals surface area contributed by atoms with Crippen molar-refractivity contribution in [3.63, 3.8) is 0 Å². The molecule has 1 aliphatic heterocycles. The number of hydrogen-bond acceptors (Lipinski definition) is 5. The van der Waals surface area contributed by atoms with Gasteiger partial charge in [0.2, 0.25) is 5.91 Å². The highest BCUT2D eigenvalue weighted by Gasteiger charge is 2.29. The maximum Gasteiger partial charge on any atom is 0.246 e. The number of carbonyl (C=O) groups is 1. The lowest BCUT2D eigenvalue weighted by Gasteiger charge is -2.30. The lowest BCUT2D eigenvalue weighted by Crippen LogP contribution is -2.34. The number of nitrogens with zero attached hydrogens (tertiary/aromatic N) is 5. The largest absolute Gasteiger partial charge is 0.370 e. The molecule has 1 N–H and O–H groups in total. The minimum atomic E-state index is -0.0711. The van der Waals surface area contributed by atoms with Gasteiger partial charge in [0.15, 0.2) is 0 Å². The summed E-state index contributed by atoms with van der Waals surface area (Å²) >= 11 is 6.20. The fraction of sp³-hybridized carbons (Fsp3) is 0.280. The van der Waals surface area contributed by atoms with E-state index < -0.39 is 0 Å². The standard InChI is InChI=1S/C25H23ClN6O/c1-31-15-21(18-13-30-32(14-18)23-4-2-3-22(26)20(23)10-27)19(9-25(31)33)17-7-8-24(29-12-17)28-11-16-5-6-16/h2-4,7-9,12-14,16,21H,5-6,11,15H2,1H3,(H,28,29). The van der Waals surface area contributed by atoms with Gasteiger partial charge in [-0.25, -0.2) is 9.67 Å². The zero-order valence-electron chi connectivity index (χ0n) is 18.2. The molecule has 0 bridgehead atoms. The number of carbonyl (C=O) groups excluding carboxylic acids is 1. The van der Waals surface area contributed by atoms with Gasteiger partial charge in [0.1, 0.15) is 11.9 Å². The van der Waals surface area contributed by atoms with Crippen LogP contribution in [-0.4, -0.2) is 45.7 Å². The first kappa shape index (κ1) is 21.2. The van der Waals surface area contributed by atoms with E-state index in [4.69, 9.17) is 11.6 Å². The maximum atomic E-state index is 12.5. The Balaban J connectivity index is 1.45. The Bertz CT molecular complexity index is 1270. The van der Waals surface area contributed by atoms with Crippen LogP contribution in [-0.2, 0) is 4.79 Å².